The van der Waals surface area contributed by atoms with Gasteiger partial charge in [-0.1, -0.05) is 56.8 Å². The molecule has 0 amide bonds. The summed E-state index contributed by atoms with van der Waals surface area (Å²) in [4.78, 5) is 4.07. The minimum Gasteiger partial charge on any atom is -0.264 e. The van der Waals surface area contributed by atoms with Crippen molar-refractivity contribution in [3.63, 3.8) is 0 Å². The van der Waals surface area contributed by atoms with Gasteiger partial charge in [0, 0.05) is 23.0 Å². The van der Waals surface area contributed by atoms with E-state index < -0.39 is 0 Å². The van der Waals surface area contributed by atoms with Crippen LogP contribution in [0, 0.1) is 0 Å². The third-order valence-electron chi connectivity index (χ3n) is 2.84. The topological polar surface area (TPSA) is 12.9 Å². The summed E-state index contributed by atoms with van der Waals surface area (Å²) in [6.07, 6.45) is 11.9. The molecule has 1 nitrogen and oxygen atoms in total. The summed E-state index contributed by atoms with van der Waals surface area (Å²) in [6, 6.07) is 1.93. The van der Waals surface area contributed by atoms with Gasteiger partial charge in [0.1, 0.15) is 0 Å². The van der Waals surface area contributed by atoms with Gasteiger partial charge in [-0.2, -0.15) is 0 Å². The number of nitrogens with zero attached hydrogens (tertiary/aromatic N) is 1. The van der Waals surface area contributed by atoms with Crippen LogP contribution in [0.25, 0.3) is 10.6 Å². The average Bonchev–Trinajstić information content (AvgIpc) is 2.49. The van der Waals surface area contributed by atoms with Crippen molar-refractivity contribution in [1.29, 1.82) is 0 Å². The lowest BCUT2D eigenvalue weighted by Gasteiger charge is -2.15. The molecule has 0 unspecified atom stereocenters. The zero-order chi connectivity index (χ0) is 14.3. The fraction of sp³-hybridized carbons (Fsp3) is 0.235. The molecule has 1 aliphatic carbocycles. The largest absolute Gasteiger partial charge is 0.264 e. The maximum atomic E-state index is 5.98. The molecule has 19 heavy (non-hydrogen) atoms. The van der Waals surface area contributed by atoms with Crippen LogP contribution in [0.3, 0.4) is 0 Å². The average molecular weight is 274 g/mol. The molecule has 1 heterocycles. The Bertz CT molecular complexity index is 524. The summed E-state index contributed by atoms with van der Waals surface area (Å²) in [5.74, 6) is 0. The zero-order valence-electron chi connectivity index (χ0n) is 11.6. The van der Waals surface area contributed by atoms with Crippen LogP contribution in [-0.2, 0) is 0 Å². The standard InChI is InChI=1S/C15H14ClN.C2H6/c1-11(13-6-4-3-5-7-13)14-8-9-17-10-15(14)12(2)16;1-2/h3-4,6,8-10H,1-2,5,7H2;1-2H3. The molecule has 0 saturated heterocycles. The highest BCUT2D eigenvalue weighted by Gasteiger charge is 2.11. The summed E-state index contributed by atoms with van der Waals surface area (Å²) in [6.45, 7) is 11.9. The number of rotatable bonds is 3. The smallest absolute Gasteiger partial charge is 0.0428 e. The third kappa shape index (κ3) is 3.93. The third-order valence-corrected chi connectivity index (χ3v) is 3.04. The lowest BCUT2D eigenvalue weighted by Crippen LogP contribution is -1.95. The summed E-state index contributed by atoms with van der Waals surface area (Å²) in [5.41, 5.74) is 4.13. The maximum Gasteiger partial charge on any atom is 0.0428 e. The summed E-state index contributed by atoms with van der Waals surface area (Å²) in [7, 11) is 0. The van der Waals surface area contributed by atoms with E-state index in [2.05, 4.69) is 36.4 Å². The van der Waals surface area contributed by atoms with Crippen molar-refractivity contribution in [2.45, 2.75) is 26.7 Å². The molecule has 0 aliphatic heterocycles. The van der Waals surface area contributed by atoms with Gasteiger partial charge in [0.2, 0.25) is 0 Å². The summed E-state index contributed by atoms with van der Waals surface area (Å²) < 4.78 is 0. The Morgan fingerprint density at radius 1 is 1.26 bits per heavy atom. The van der Waals surface area contributed by atoms with Crippen LogP contribution >= 0.6 is 11.6 Å². The molecule has 1 aromatic heterocycles. The van der Waals surface area contributed by atoms with Crippen LogP contribution in [0.2, 0.25) is 0 Å². The lowest BCUT2D eigenvalue weighted by atomic mass is 9.91. The molecule has 0 bridgehead atoms. The minimum absolute atomic E-state index is 0.501. The van der Waals surface area contributed by atoms with E-state index in [1.54, 1.807) is 12.4 Å². The number of halogens is 1. The predicted octanol–water partition coefficient (Wildman–Crippen LogP) is 5.61. The van der Waals surface area contributed by atoms with Crippen LogP contribution < -0.4 is 0 Å². The van der Waals surface area contributed by atoms with Crippen molar-refractivity contribution >= 4 is 22.2 Å². The van der Waals surface area contributed by atoms with Gasteiger partial charge >= 0.3 is 0 Å². The van der Waals surface area contributed by atoms with Gasteiger partial charge < -0.3 is 0 Å². The van der Waals surface area contributed by atoms with Gasteiger partial charge in [-0.25, -0.2) is 0 Å². The molecule has 100 valence electrons. The second-order valence-electron chi connectivity index (χ2n) is 3.96. The molecule has 0 N–H and O–H groups in total. The number of hydrogen-bond donors (Lipinski definition) is 0. The number of aromatic nitrogens is 1. The molecule has 1 aromatic rings. The van der Waals surface area contributed by atoms with Crippen molar-refractivity contribution in [2.24, 2.45) is 0 Å². The quantitative estimate of drug-likeness (QED) is 0.698. The van der Waals surface area contributed by atoms with Gasteiger partial charge in [-0.05, 0) is 35.6 Å². The van der Waals surface area contributed by atoms with Gasteiger partial charge in [-0.15, -0.1) is 0 Å². The van der Waals surface area contributed by atoms with E-state index in [0.717, 1.165) is 29.5 Å². The van der Waals surface area contributed by atoms with E-state index in [0.29, 0.717) is 5.03 Å². The van der Waals surface area contributed by atoms with Gasteiger partial charge in [0.15, 0.2) is 0 Å². The van der Waals surface area contributed by atoms with Crippen molar-refractivity contribution in [3.05, 3.63) is 66.5 Å². The van der Waals surface area contributed by atoms with E-state index in [4.69, 9.17) is 11.6 Å². The van der Waals surface area contributed by atoms with E-state index >= 15 is 0 Å². The first-order valence-electron chi connectivity index (χ1n) is 6.54. The van der Waals surface area contributed by atoms with E-state index in [9.17, 15) is 0 Å². The lowest BCUT2D eigenvalue weighted by molar-refractivity contribution is 0.996. The number of hydrogen-bond acceptors (Lipinski definition) is 1. The van der Waals surface area contributed by atoms with Crippen molar-refractivity contribution in [2.75, 3.05) is 0 Å². The second-order valence-corrected chi connectivity index (χ2v) is 4.42. The molecule has 0 atom stereocenters. The van der Waals surface area contributed by atoms with Crippen LogP contribution in [0.1, 0.15) is 37.8 Å². The molecule has 2 rings (SSSR count). The summed E-state index contributed by atoms with van der Waals surface area (Å²) >= 11 is 5.98. The first kappa shape index (κ1) is 15.5. The number of pyridine rings is 1. The fourth-order valence-electron chi connectivity index (χ4n) is 1.90. The molecule has 0 spiro atoms. The second kappa shape index (κ2) is 7.75. The molecular formula is C17H20ClN. The Labute approximate surface area is 121 Å². The Morgan fingerprint density at radius 2 is 2.00 bits per heavy atom. The van der Waals surface area contributed by atoms with Gasteiger partial charge in [-0.3, -0.25) is 4.98 Å². The van der Waals surface area contributed by atoms with Crippen molar-refractivity contribution in [1.82, 2.24) is 4.98 Å². The van der Waals surface area contributed by atoms with Crippen LogP contribution in [-0.4, -0.2) is 4.98 Å². The van der Waals surface area contributed by atoms with Crippen LogP contribution in [0.4, 0.5) is 0 Å². The Hall–Kier alpha value is -1.60. The maximum absolute atomic E-state index is 5.98. The van der Waals surface area contributed by atoms with E-state index in [-0.39, 0.29) is 0 Å². The SMILES string of the molecule is C=C(Cl)c1cnccc1C(=C)C1=CC=CCC1.CC. The number of allylic oxidation sites excluding steroid dienone is 5. The van der Waals surface area contributed by atoms with Crippen LogP contribution in [0.15, 0.2) is 55.4 Å². The van der Waals surface area contributed by atoms with Gasteiger partial charge in [0.25, 0.3) is 0 Å². The van der Waals surface area contributed by atoms with Crippen LogP contribution in [0.5, 0.6) is 0 Å². The van der Waals surface area contributed by atoms with E-state index in [1.807, 2.05) is 19.9 Å². The first-order valence-corrected chi connectivity index (χ1v) is 6.92. The molecule has 0 fully saturated rings. The normalized spacial score (nSPS) is 13.1. The molecule has 2 heteroatoms. The molecule has 1 aliphatic rings. The summed E-state index contributed by atoms with van der Waals surface area (Å²) in [5, 5.41) is 0.501. The Morgan fingerprint density at radius 3 is 2.58 bits per heavy atom. The Balaban J connectivity index is 0.000000861. The zero-order valence-corrected chi connectivity index (χ0v) is 12.4. The highest BCUT2D eigenvalue weighted by molar-refractivity contribution is 6.48. The van der Waals surface area contributed by atoms with Crippen molar-refractivity contribution in [3.8, 4) is 0 Å². The van der Waals surface area contributed by atoms with Gasteiger partial charge in [0.05, 0.1) is 0 Å². The molecular weight excluding hydrogens is 254 g/mol. The Kier molecular flexibility index (Phi) is 6.31. The fourth-order valence-corrected chi connectivity index (χ4v) is 2.05. The van der Waals surface area contributed by atoms with Crippen molar-refractivity contribution < 1.29 is 0 Å². The highest BCUT2D eigenvalue weighted by atomic mass is 35.5. The highest BCUT2D eigenvalue weighted by Crippen LogP contribution is 2.32. The molecule has 0 aromatic carbocycles. The molecule has 0 saturated carbocycles. The minimum atomic E-state index is 0.501. The first-order chi connectivity index (χ1) is 9.20. The predicted molar refractivity (Wildman–Crippen MR) is 86.0 cm³/mol. The molecule has 0 radical (unpaired) electrons. The monoisotopic (exact) mass is 273 g/mol. The van der Waals surface area contributed by atoms with E-state index in [1.165, 1.54) is 5.57 Å².